The van der Waals surface area contributed by atoms with Gasteiger partial charge in [-0.15, -0.1) is 0 Å². The summed E-state index contributed by atoms with van der Waals surface area (Å²) in [7, 11) is 1.89. The maximum Gasteiger partial charge on any atom is 0.274 e. The summed E-state index contributed by atoms with van der Waals surface area (Å²) in [5.74, 6) is -0.00582. The molecule has 1 aliphatic rings. The third-order valence-corrected chi connectivity index (χ3v) is 5.20. The van der Waals surface area contributed by atoms with Gasteiger partial charge in [0.1, 0.15) is 11.3 Å². The van der Waals surface area contributed by atoms with Crippen molar-refractivity contribution in [1.82, 2.24) is 19.3 Å². The summed E-state index contributed by atoms with van der Waals surface area (Å²) < 4.78 is 1.90. The van der Waals surface area contributed by atoms with E-state index >= 15 is 0 Å². The number of anilines is 1. The molecule has 3 aromatic heterocycles. The van der Waals surface area contributed by atoms with Crippen molar-refractivity contribution >= 4 is 17.2 Å². The number of rotatable bonds is 3. The molecule has 0 radical (unpaired) electrons. The first-order valence-electron chi connectivity index (χ1n) is 8.99. The summed E-state index contributed by atoms with van der Waals surface area (Å²) in [6, 6.07) is 8.32. The molecule has 4 heterocycles. The van der Waals surface area contributed by atoms with Gasteiger partial charge in [-0.3, -0.25) is 9.78 Å². The number of nitrogens with zero attached hydrogens (tertiary/aromatic N) is 5. The maximum atomic E-state index is 12.9. The highest BCUT2D eigenvalue weighted by atomic mass is 16.2. The van der Waals surface area contributed by atoms with Crippen molar-refractivity contribution in [3.63, 3.8) is 0 Å². The molecule has 0 N–H and O–H groups in total. The monoisotopic (exact) mass is 349 g/mol. The van der Waals surface area contributed by atoms with Crippen LogP contribution in [-0.2, 0) is 0 Å². The van der Waals surface area contributed by atoms with E-state index in [1.54, 1.807) is 0 Å². The first-order chi connectivity index (χ1) is 12.6. The van der Waals surface area contributed by atoms with Crippen LogP contribution in [0.15, 0.2) is 49.1 Å². The lowest BCUT2D eigenvalue weighted by atomic mass is 10.0. The van der Waals surface area contributed by atoms with E-state index in [1.807, 2.05) is 72.3 Å². The Morgan fingerprint density at radius 1 is 1.19 bits per heavy atom. The molecule has 4 rings (SSSR count). The van der Waals surface area contributed by atoms with E-state index in [0.717, 1.165) is 37.1 Å². The fourth-order valence-corrected chi connectivity index (χ4v) is 3.60. The van der Waals surface area contributed by atoms with Crippen LogP contribution < -0.4 is 4.90 Å². The van der Waals surface area contributed by atoms with Gasteiger partial charge in [-0.2, -0.15) is 0 Å². The normalized spacial score (nSPS) is 15.4. The molecule has 0 aliphatic carbocycles. The molecule has 1 amide bonds. The van der Waals surface area contributed by atoms with Crippen LogP contribution in [0.1, 0.15) is 28.9 Å². The standard InChI is InChI=1S/C20H23N5O/c1-15-5-10-25-14-18(22-19(25)13-15)20(26)23(2)16-6-11-24(12-7-16)17-3-8-21-9-4-17/h3-5,8-10,13-14,16H,6-7,11-12H2,1-2H3. The van der Waals surface area contributed by atoms with Gasteiger partial charge in [-0.25, -0.2) is 4.98 Å². The summed E-state index contributed by atoms with van der Waals surface area (Å²) in [6.45, 7) is 3.91. The van der Waals surface area contributed by atoms with E-state index in [-0.39, 0.29) is 11.9 Å². The zero-order valence-electron chi connectivity index (χ0n) is 15.2. The predicted octanol–water partition coefficient (Wildman–Crippen LogP) is 2.78. The third kappa shape index (κ3) is 3.14. The molecule has 0 saturated carbocycles. The molecule has 0 spiro atoms. The van der Waals surface area contributed by atoms with Gasteiger partial charge in [0, 0.05) is 56.7 Å². The number of carbonyl (C=O) groups excluding carboxylic acids is 1. The second-order valence-corrected chi connectivity index (χ2v) is 6.94. The molecule has 1 saturated heterocycles. The Morgan fingerprint density at radius 3 is 2.65 bits per heavy atom. The third-order valence-electron chi connectivity index (χ3n) is 5.20. The lowest BCUT2D eigenvalue weighted by molar-refractivity contribution is 0.0704. The molecule has 26 heavy (non-hydrogen) atoms. The number of carbonyl (C=O) groups is 1. The minimum Gasteiger partial charge on any atom is -0.371 e. The summed E-state index contributed by atoms with van der Waals surface area (Å²) in [4.78, 5) is 25.7. The van der Waals surface area contributed by atoms with Crippen LogP contribution in [0.2, 0.25) is 0 Å². The van der Waals surface area contributed by atoms with Gasteiger partial charge in [0.15, 0.2) is 0 Å². The Kier molecular flexibility index (Phi) is 4.32. The van der Waals surface area contributed by atoms with Gasteiger partial charge in [-0.1, -0.05) is 0 Å². The van der Waals surface area contributed by atoms with Gasteiger partial charge in [0.25, 0.3) is 5.91 Å². The Balaban J connectivity index is 1.44. The lowest BCUT2D eigenvalue weighted by Gasteiger charge is -2.37. The van der Waals surface area contributed by atoms with E-state index in [9.17, 15) is 4.79 Å². The zero-order valence-corrected chi connectivity index (χ0v) is 15.2. The van der Waals surface area contributed by atoms with Gasteiger partial charge < -0.3 is 14.2 Å². The Hall–Kier alpha value is -2.89. The topological polar surface area (TPSA) is 53.7 Å². The van der Waals surface area contributed by atoms with Crippen molar-refractivity contribution < 1.29 is 4.79 Å². The summed E-state index contributed by atoms with van der Waals surface area (Å²) >= 11 is 0. The van der Waals surface area contributed by atoms with Crippen molar-refractivity contribution in [2.45, 2.75) is 25.8 Å². The Bertz CT molecular complexity index is 912. The summed E-state index contributed by atoms with van der Waals surface area (Å²) in [5.41, 5.74) is 3.66. The molecule has 6 heteroatoms. The van der Waals surface area contributed by atoms with Gasteiger partial charge in [-0.05, 0) is 49.6 Å². The number of hydrogen-bond donors (Lipinski definition) is 0. The van der Waals surface area contributed by atoms with Crippen molar-refractivity contribution in [3.8, 4) is 0 Å². The highest BCUT2D eigenvalue weighted by Gasteiger charge is 2.27. The fourth-order valence-electron chi connectivity index (χ4n) is 3.60. The number of fused-ring (bicyclic) bond motifs is 1. The zero-order chi connectivity index (χ0) is 18.1. The van der Waals surface area contributed by atoms with Crippen molar-refractivity contribution in [1.29, 1.82) is 0 Å². The van der Waals surface area contributed by atoms with Crippen molar-refractivity contribution in [3.05, 3.63) is 60.3 Å². The number of pyridine rings is 2. The van der Waals surface area contributed by atoms with E-state index in [0.29, 0.717) is 5.69 Å². The van der Waals surface area contributed by atoms with Crippen LogP contribution in [0.5, 0.6) is 0 Å². The second-order valence-electron chi connectivity index (χ2n) is 6.94. The number of aromatic nitrogens is 3. The van der Waals surface area contributed by atoms with Crippen LogP contribution >= 0.6 is 0 Å². The summed E-state index contributed by atoms with van der Waals surface area (Å²) in [5, 5.41) is 0. The van der Waals surface area contributed by atoms with Crippen LogP contribution in [0.4, 0.5) is 5.69 Å². The highest BCUT2D eigenvalue weighted by molar-refractivity contribution is 5.93. The number of hydrogen-bond acceptors (Lipinski definition) is 4. The molecule has 0 unspecified atom stereocenters. The molecular weight excluding hydrogens is 326 g/mol. The van der Waals surface area contributed by atoms with Gasteiger partial charge >= 0.3 is 0 Å². The first-order valence-corrected chi connectivity index (χ1v) is 8.99. The largest absolute Gasteiger partial charge is 0.371 e. The fraction of sp³-hybridized carbons (Fsp3) is 0.350. The van der Waals surface area contributed by atoms with Crippen LogP contribution in [0.25, 0.3) is 5.65 Å². The number of amides is 1. The molecule has 3 aromatic rings. The Morgan fingerprint density at radius 2 is 1.92 bits per heavy atom. The Labute approximate surface area is 153 Å². The van der Waals surface area contributed by atoms with Crippen molar-refractivity contribution in [2.24, 2.45) is 0 Å². The molecule has 1 fully saturated rings. The minimum atomic E-state index is -0.00582. The number of aryl methyl sites for hydroxylation is 1. The average molecular weight is 349 g/mol. The van der Waals surface area contributed by atoms with Crippen molar-refractivity contribution in [2.75, 3.05) is 25.0 Å². The molecule has 1 aliphatic heterocycles. The lowest BCUT2D eigenvalue weighted by Crippen LogP contribution is -2.45. The van der Waals surface area contributed by atoms with Crippen LogP contribution in [0.3, 0.4) is 0 Å². The molecule has 6 nitrogen and oxygen atoms in total. The van der Waals surface area contributed by atoms with Gasteiger partial charge in [0.05, 0.1) is 0 Å². The quantitative estimate of drug-likeness (QED) is 0.730. The molecule has 0 bridgehead atoms. The van der Waals surface area contributed by atoms with Crippen LogP contribution in [0, 0.1) is 6.92 Å². The average Bonchev–Trinajstić information content (AvgIpc) is 3.11. The molecule has 134 valence electrons. The molecule has 0 aromatic carbocycles. The predicted molar refractivity (Wildman–Crippen MR) is 101 cm³/mol. The van der Waals surface area contributed by atoms with E-state index in [1.165, 1.54) is 5.69 Å². The smallest absolute Gasteiger partial charge is 0.274 e. The second kappa shape index (κ2) is 6.78. The van der Waals surface area contributed by atoms with E-state index < -0.39 is 0 Å². The van der Waals surface area contributed by atoms with Gasteiger partial charge in [0.2, 0.25) is 0 Å². The molecular formula is C20H23N5O. The molecule has 0 atom stereocenters. The number of imidazole rings is 1. The van der Waals surface area contributed by atoms with E-state index in [4.69, 9.17) is 0 Å². The first kappa shape index (κ1) is 16.6. The van der Waals surface area contributed by atoms with E-state index in [2.05, 4.69) is 14.9 Å². The maximum absolute atomic E-state index is 12.9. The SMILES string of the molecule is Cc1ccn2cc(C(=O)N(C)C3CCN(c4ccncc4)CC3)nc2c1. The highest BCUT2D eigenvalue weighted by Crippen LogP contribution is 2.22. The summed E-state index contributed by atoms with van der Waals surface area (Å²) in [6.07, 6.45) is 9.32. The minimum absolute atomic E-state index is 0.00582. The number of piperidine rings is 1. The van der Waals surface area contributed by atoms with Crippen LogP contribution in [-0.4, -0.2) is 51.4 Å².